The average molecular weight is 330 g/mol. The van der Waals surface area contributed by atoms with E-state index in [-0.39, 0.29) is 0 Å². The highest BCUT2D eigenvalue weighted by molar-refractivity contribution is 5.42. The summed E-state index contributed by atoms with van der Waals surface area (Å²) in [7, 11) is 3.34. The molecule has 0 bridgehead atoms. The van der Waals surface area contributed by atoms with Crippen LogP contribution in [0.1, 0.15) is 48.7 Å². The van der Waals surface area contributed by atoms with Gasteiger partial charge >= 0.3 is 0 Å². The molecule has 1 aromatic heterocycles. The summed E-state index contributed by atoms with van der Waals surface area (Å²) < 4.78 is 16.1. The normalized spacial score (nSPS) is 19.0. The van der Waals surface area contributed by atoms with Crippen molar-refractivity contribution in [2.24, 2.45) is 0 Å². The van der Waals surface area contributed by atoms with Crippen molar-refractivity contribution in [2.75, 3.05) is 20.8 Å². The van der Waals surface area contributed by atoms with Gasteiger partial charge in [-0.1, -0.05) is 24.1 Å². The van der Waals surface area contributed by atoms with Gasteiger partial charge in [-0.15, -0.1) is 0 Å². The van der Waals surface area contributed by atoms with Gasteiger partial charge in [0.2, 0.25) is 0 Å². The van der Waals surface area contributed by atoms with Crippen molar-refractivity contribution >= 4 is 0 Å². The highest BCUT2D eigenvalue weighted by Gasteiger charge is 2.25. The number of rotatable bonds is 5. The molecule has 1 fully saturated rings. The molecule has 1 aliphatic rings. The van der Waals surface area contributed by atoms with Gasteiger partial charge in [0.05, 0.1) is 20.3 Å². The first kappa shape index (κ1) is 16.8. The third-order valence-electron chi connectivity index (χ3n) is 4.68. The van der Waals surface area contributed by atoms with Crippen LogP contribution in [0.5, 0.6) is 11.5 Å². The molecule has 24 heavy (non-hydrogen) atoms. The van der Waals surface area contributed by atoms with E-state index in [1.807, 2.05) is 13.0 Å². The Hall–Kier alpha value is -2.01. The maximum Gasteiger partial charge on any atom is 0.161 e. The van der Waals surface area contributed by atoms with Crippen LogP contribution in [-0.4, -0.2) is 30.8 Å². The Morgan fingerprint density at radius 2 is 1.96 bits per heavy atom. The topological polar surface area (TPSA) is 47.7 Å². The Bertz CT molecular complexity index is 668. The lowest BCUT2D eigenvalue weighted by Gasteiger charge is -2.28. The van der Waals surface area contributed by atoms with Gasteiger partial charge in [0.25, 0.3) is 0 Å². The SMILES string of the molecule is COc1ccc(CN2CCCCCC2c2cc(C)on2)cc1OC. The number of methoxy groups -OCH3 is 2. The minimum absolute atomic E-state index is 0.318. The molecule has 2 heterocycles. The van der Waals surface area contributed by atoms with Crippen molar-refractivity contribution < 1.29 is 14.0 Å². The zero-order chi connectivity index (χ0) is 16.9. The highest BCUT2D eigenvalue weighted by atomic mass is 16.5. The summed E-state index contributed by atoms with van der Waals surface area (Å²) in [5.41, 5.74) is 2.27. The molecule has 0 radical (unpaired) electrons. The first-order valence-electron chi connectivity index (χ1n) is 8.59. The van der Waals surface area contributed by atoms with Crippen LogP contribution in [0.4, 0.5) is 0 Å². The van der Waals surface area contributed by atoms with Gasteiger partial charge in [0, 0.05) is 12.6 Å². The largest absolute Gasteiger partial charge is 0.493 e. The maximum atomic E-state index is 5.43. The highest BCUT2D eigenvalue weighted by Crippen LogP contribution is 2.33. The molecule has 3 rings (SSSR count). The fourth-order valence-electron chi connectivity index (χ4n) is 3.45. The first-order chi connectivity index (χ1) is 11.7. The van der Waals surface area contributed by atoms with Crippen LogP contribution in [0.15, 0.2) is 28.8 Å². The van der Waals surface area contributed by atoms with E-state index in [0.29, 0.717) is 6.04 Å². The summed E-state index contributed by atoms with van der Waals surface area (Å²) in [6.45, 7) is 3.90. The smallest absolute Gasteiger partial charge is 0.161 e. The minimum atomic E-state index is 0.318. The lowest BCUT2D eigenvalue weighted by Crippen LogP contribution is -2.28. The van der Waals surface area contributed by atoms with E-state index in [4.69, 9.17) is 14.0 Å². The van der Waals surface area contributed by atoms with Gasteiger partial charge in [0.15, 0.2) is 11.5 Å². The van der Waals surface area contributed by atoms with Crippen LogP contribution in [0, 0.1) is 6.92 Å². The van der Waals surface area contributed by atoms with Crippen molar-refractivity contribution in [3.8, 4) is 11.5 Å². The standard InChI is InChI=1S/C19H26N2O3/c1-14-11-16(20-24-14)17-7-5-4-6-10-21(17)13-15-8-9-18(22-2)19(12-15)23-3/h8-9,11-12,17H,4-7,10,13H2,1-3H3. The second-order valence-electron chi connectivity index (χ2n) is 6.39. The molecule has 1 saturated heterocycles. The number of ether oxygens (including phenoxy) is 2. The Kier molecular flexibility index (Phi) is 5.41. The molecule has 0 N–H and O–H groups in total. The number of nitrogens with zero attached hydrogens (tertiary/aromatic N) is 2. The fourth-order valence-corrected chi connectivity index (χ4v) is 3.45. The van der Waals surface area contributed by atoms with Gasteiger partial charge < -0.3 is 14.0 Å². The molecule has 2 aromatic rings. The van der Waals surface area contributed by atoms with Crippen molar-refractivity contribution in [2.45, 2.75) is 45.2 Å². The average Bonchev–Trinajstić information content (AvgIpc) is 2.89. The predicted octanol–water partition coefficient (Wildman–Crippen LogP) is 4.12. The van der Waals surface area contributed by atoms with Crippen molar-refractivity contribution in [1.82, 2.24) is 10.1 Å². The van der Waals surface area contributed by atoms with E-state index in [0.717, 1.165) is 42.5 Å². The summed E-state index contributed by atoms with van der Waals surface area (Å²) in [6, 6.07) is 8.53. The predicted molar refractivity (Wildman–Crippen MR) is 92.4 cm³/mol. The summed E-state index contributed by atoms with van der Waals surface area (Å²) in [4.78, 5) is 2.51. The fraction of sp³-hybridized carbons (Fsp3) is 0.526. The van der Waals surface area contributed by atoms with Crippen LogP contribution < -0.4 is 9.47 Å². The molecule has 0 amide bonds. The quantitative estimate of drug-likeness (QED) is 0.825. The van der Waals surface area contributed by atoms with Gasteiger partial charge in [-0.2, -0.15) is 0 Å². The second kappa shape index (κ2) is 7.71. The van der Waals surface area contributed by atoms with Gasteiger partial charge in [0.1, 0.15) is 11.5 Å². The van der Waals surface area contributed by atoms with E-state index in [1.165, 1.54) is 24.8 Å². The summed E-state index contributed by atoms with van der Waals surface area (Å²) in [6.07, 6.45) is 4.86. The van der Waals surface area contributed by atoms with E-state index in [1.54, 1.807) is 14.2 Å². The Morgan fingerprint density at radius 3 is 2.67 bits per heavy atom. The Labute approximate surface area is 143 Å². The van der Waals surface area contributed by atoms with Crippen LogP contribution in [0.3, 0.4) is 0 Å². The molecular formula is C19H26N2O3. The van der Waals surface area contributed by atoms with Crippen molar-refractivity contribution in [3.05, 3.63) is 41.3 Å². The van der Waals surface area contributed by atoms with E-state index < -0.39 is 0 Å². The summed E-state index contributed by atoms with van der Waals surface area (Å²) in [5.74, 6) is 2.42. The van der Waals surface area contributed by atoms with Crippen LogP contribution in [0.25, 0.3) is 0 Å². The third-order valence-corrected chi connectivity index (χ3v) is 4.68. The molecular weight excluding hydrogens is 304 g/mol. The molecule has 1 aliphatic heterocycles. The zero-order valence-corrected chi connectivity index (χ0v) is 14.7. The number of aromatic nitrogens is 1. The second-order valence-corrected chi connectivity index (χ2v) is 6.39. The maximum absolute atomic E-state index is 5.43. The summed E-state index contributed by atoms with van der Waals surface area (Å²) >= 11 is 0. The molecule has 0 aliphatic carbocycles. The molecule has 1 aromatic carbocycles. The van der Waals surface area contributed by atoms with E-state index in [2.05, 4.69) is 28.3 Å². The lowest BCUT2D eigenvalue weighted by atomic mass is 10.1. The van der Waals surface area contributed by atoms with E-state index >= 15 is 0 Å². The molecule has 5 heteroatoms. The molecule has 1 atom stereocenters. The minimum Gasteiger partial charge on any atom is -0.493 e. The van der Waals surface area contributed by atoms with Crippen molar-refractivity contribution in [1.29, 1.82) is 0 Å². The van der Waals surface area contributed by atoms with Crippen LogP contribution >= 0.6 is 0 Å². The monoisotopic (exact) mass is 330 g/mol. The summed E-state index contributed by atoms with van der Waals surface area (Å²) in [5, 5.41) is 4.27. The first-order valence-corrected chi connectivity index (χ1v) is 8.59. The zero-order valence-electron chi connectivity index (χ0n) is 14.7. The lowest BCUT2D eigenvalue weighted by molar-refractivity contribution is 0.183. The molecule has 5 nitrogen and oxygen atoms in total. The van der Waals surface area contributed by atoms with Gasteiger partial charge in [-0.3, -0.25) is 4.90 Å². The molecule has 0 saturated carbocycles. The number of aryl methyl sites for hydroxylation is 1. The van der Waals surface area contributed by atoms with Gasteiger partial charge in [-0.05, 0) is 44.0 Å². The van der Waals surface area contributed by atoms with E-state index in [9.17, 15) is 0 Å². The molecule has 130 valence electrons. The van der Waals surface area contributed by atoms with Crippen LogP contribution in [0.2, 0.25) is 0 Å². The number of likely N-dealkylation sites (tertiary alicyclic amines) is 1. The Morgan fingerprint density at radius 1 is 1.12 bits per heavy atom. The number of hydrogen-bond acceptors (Lipinski definition) is 5. The number of benzene rings is 1. The molecule has 0 spiro atoms. The number of hydrogen-bond donors (Lipinski definition) is 0. The third kappa shape index (κ3) is 3.73. The van der Waals surface area contributed by atoms with Crippen LogP contribution in [-0.2, 0) is 6.54 Å². The molecule has 1 unspecified atom stereocenters. The Balaban J connectivity index is 1.82. The van der Waals surface area contributed by atoms with Gasteiger partial charge in [-0.25, -0.2) is 0 Å². The van der Waals surface area contributed by atoms with Crippen molar-refractivity contribution in [3.63, 3.8) is 0 Å².